The van der Waals surface area contributed by atoms with Crippen molar-refractivity contribution in [1.82, 2.24) is 14.9 Å². The van der Waals surface area contributed by atoms with E-state index in [9.17, 15) is 18.0 Å². The molecule has 0 spiro atoms. The fourth-order valence-electron chi connectivity index (χ4n) is 3.09. The minimum atomic E-state index is -4.39. The maximum atomic E-state index is 12.9. The number of imidazole rings is 1. The summed E-state index contributed by atoms with van der Waals surface area (Å²) in [5.74, 6) is 0.547. The summed E-state index contributed by atoms with van der Waals surface area (Å²) < 4.78 is 44.0. The monoisotopic (exact) mass is 369 g/mol. The van der Waals surface area contributed by atoms with Crippen LogP contribution in [0.4, 0.5) is 18.0 Å². The Kier molecular flexibility index (Phi) is 4.62. The first-order valence-electron chi connectivity index (χ1n) is 8.58. The number of H-pyrrole nitrogens is 1. The smallest absolute Gasteiger partial charge is 0.416 e. The van der Waals surface area contributed by atoms with E-state index in [-0.39, 0.29) is 12.0 Å². The van der Waals surface area contributed by atoms with Gasteiger partial charge in [-0.3, -0.25) is 0 Å². The number of nitrogens with zero attached hydrogens (tertiary/aromatic N) is 2. The molecule has 0 saturated carbocycles. The van der Waals surface area contributed by atoms with Gasteiger partial charge >= 0.3 is 12.3 Å². The Hall–Kier alpha value is -2.25. The minimum absolute atomic E-state index is 0.0574. The summed E-state index contributed by atoms with van der Waals surface area (Å²) in [4.78, 5) is 21.3. The van der Waals surface area contributed by atoms with Crippen molar-refractivity contribution in [3.05, 3.63) is 29.6 Å². The molecule has 2 aromatic rings. The maximum Gasteiger partial charge on any atom is 0.416 e. The molecule has 142 valence electrons. The number of rotatable bonds is 1. The van der Waals surface area contributed by atoms with E-state index in [2.05, 4.69) is 9.97 Å². The number of aromatic amines is 1. The van der Waals surface area contributed by atoms with Gasteiger partial charge in [-0.05, 0) is 51.8 Å². The second-order valence-corrected chi connectivity index (χ2v) is 7.62. The van der Waals surface area contributed by atoms with Gasteiger partial charge in [0.05, 0.1) is 16.6 Å². The van der Waals surface area contributed by atoms with Gasteiger partial charge in [0.15, 0.2) is 0 Å². The van der Waals surface area contributed by atoms with Gasteiger partial charge in [0.25, 0.3) is 0 Å². The maximum absolute atomic E-state index is 12.9. The molecule has 5 nitrogen and oxygen atoms in total. The third-order valence-electron chi connectivity index (χ3n) is 4.29. The lowest BCUT2D eigenvalue weighted by Crippen LogP contribution is -2.42. The van der Waals surface area contributed by atoms with Crippen molar-refractivity contribution in [2.75, 3.05) is 13.1 Å². The van der Waals surface area contributed by atoms with Gasteiger partial charge in [-0.2, -0.15) is 13.2 Å². The summed E-state index contributed by atoms with van der Waals surface area (Å²) in [6.45, 7) is 6.46. The van der Waals surface area contributed by atoms with Crippen molar-refractivity contribution < 1.29 is 22.7 Å². The molecule has 1 atom stereocenters. The van der Waals surface area contributed by atoms with E-state index in [1.807, 2.05) is 20.8 Å². The zero-order valence-corrected chi connectivity index (χ0v) is 15.0. The molecule has 0 bridgehead atoms. The predicted molar refractivity (Wildman–Crippen MR) is 90.9 cm³/mol. The summed E-state index contributed by atoms with van der Waals surface area (Å²) in [6.07, 6.45) is -3.17. The van der Waals surface area contributed by atoms with Crippen LogP contribution in [0.15, 0.2) is 18.2 Å². The number of carbonyl (C=O) groups excluding carboxylic acids is 1. The molecule has 3 rings (SSSR count). The summed E-state index contributed by atoms with van der Waals surface area (Å²) in [6, 6.07) is 3.47. The number of ether oxygens (including phenoxy) is 1. The largest absolute Gasteiger partial charge is 0.444 e. The number of hydrogen-bond donors (Lipinski definition) is 1. The lowest BCUT2D eigenvalue weighted by molar-refractivity contribution is -0.137. The van der Waals surface area contributed by atoms with Gasteiger partial charge in [0.2, 0.25) is 0 Å². The van der Waals surface area contributed by atoms with Crippen LogP contribution < -0.4 is 0 Å². The number of alkyl halides is 3. The van der Waals surface area contributed by atoms with E-state index in [0.29, 0.717) is 29.9 Å². The lowest BCUT2D eigenvalue weighted by atomic mass is 9.98. The van der Waals surface area contributed by atoms with Gasteiger partial charge in [-0.1, -0.05) is 0 Å². The zero-order valence-electron chi connectivity index (χ0n) is 15.0. The zero-order chi connectivity index (χ0) is 19.1. The van der Waals surface area contributed by atoms with Gasteiger partial charge in [0, 0.05) is 19.0 Å². The van der Waals surface area contributed by atoms with Crippen molar-refractivity contribution in [2.45, 2.75) is 51.3 Å². The number of likely N-dealkylation sites (tertiary alicyclic amines) is 1. The molecule has 1 N–H and O–H groups in total. The minimum Gasteiger partial charge on any atom is -0.444 e. The van der Waals surface area contributed by atoms with Crippen molar-refractivity contribution in [2.24, 2.45) is 0 Å². The van der Waals surface area contributed by atoms with Crippen LogP contribution in [-0.2, 0) is 10.9 Å². The number of fused-ring (bicyclic) bond motifs is 1. The Bertz CT molecular complexity index is 808. The van der Waals surface area contributed by atoms with Crippen molar-refractivity contribution in [3.63, 3.8) is 0 Å². The predicted octanol–water partition coefficient (Wildman–Crippen LogP) is 4.70. The van der Waals surface area contributed by atoms with E-state index in [0.717, 1.165) is 25.0 Å². The van der Waals surface area contributed by atoms with E-state index in [1.54, 1.807) is 4.90 Å². The van der Waals surface area contributed by atoms with E-state index in [4.69, 9.17) is 4.74 Å². The highest BCUT2D eigenvalue weighted by Crippen LogP contribution is 2.32. The third kappa shape index (κ3) is 4.11. The molecule has 1 aliphatic heterocycles. The van der Waals surface area contributed by atoms with E-state index < -0.39 is 17.3 Å². The number of carbonyl (C=O) groups is 1. The summed E-state index contributed by atoms with van der Waals surface area (Å²) in [7, 11) is 0. The van der Waals surface area contributed by atoms with Gasteiger partial charge in [-0.25, -0.2) is 9.78 Å². The molecule has 1 saturated heterocycles. The van der Waals surface area contributed by atoms with Crippen LogP contribution in [0.25, 0.3) is 11.0 Å². The molecule has 1 aliphatic rings. The average Bonchev–Trinajstić information content (AvgIpc) is 2.95. The SMILES string of the molecule is CC(C)(C)OC(=O)N1CCCC(c2nc3ccc(C(F)(F)F)cc3[nH]2)C1. The second kappa shape index (κ2) is 6.48. The average molecular weight is 369 g/mol. The summed E-state index contributed by atoms with van der Waals surface area (Å²) in [5, 5.41) is 0. The number of aromatic nitrogens is 2. The first-order chi connectivity index (χ1) is 12.0. The molecule has 1 aromatic carbocycles. The summed E-state index contributed by atoms with van der Waals surface area (Å²) in [5.41, 5.74) is -0.442. The van der Waals surface area contributed by atoms with Crippen LogP contribution in [0.2, 0.25) is 0 Å². The van der Waals surface area contributed by atoms with Gasteiger partial charge in [0.1, 0.15) is 11.4 Å². The Morgan fingerprint density at radius 2 is 2.04 bits per heavy atom. The van der Waals surface area contributed by atoms with E-state index in [1.165, 1.54) is 6.07 Å². The van der Waals surface area contributed by atoms with Gasteiger partial charge in [-0.15, -0.1) is 0 Å². The second-order valence-electron chi connectivity index (χ2n) is 7.62. The first kappa shape index (κ1) is 18.5. The fourth-order valence-corrected chi connectivity index (χ4v) is 3.09. The normalized spacial score (nSPS) is 19.0. The number of halogens is 3. The standard InChI is InChI=1S/C18H22F3N3O2/c1-17(2,3)26-16(25)24-8-4-5-11(10-24)15-22-13-7-6-12(18(19,20)21)9-14(13)23-15/h6-7,9,11H,4-5,8,10H2,1-3H3,(H,22,23). The number of benzene rings is 1. The van der Waals surface area contributed by atoms with E-state index >= 15 is 0 Å². The molecule has 1 amide bonds. The molecular formula is C18H22F3N3O2. The van der Waals surface area contributed by atoms with Crippen molar-refractivity contribution >= 4 is 17.1 Å². The molecule has 1 unspecified atom stereocenters. The fraction of sp³-hybridized carbons (Fsp3) is 0.556. The Balaban J connectivity index is 1.79. The summed E-state index contributed by atoms with van der Waals surface area (Å²) >= 11 is 0. The number of amides is 1. The quantitative estimate of drug-likeness (QED) is 0.793. The van der Waals surface area contributed by atoms with Crippen LogP contribution in [0.3, 0.4) is 0 Å². The van der Waals surface area contributed by atoms with Crippen LogP contribution in [0.1, 0.15) is 50.9 Å². The molecule has 1 aromatic heterocycles. The molecular weight excluding hydrogens is 347 g/mol. The highest BCUT2D eigenvalue weighted by Gasteiger charge is 2.32. The van der Waals surface area contributed by atoms with Crippen LogP contribution >= 0.6 is 0 Å². The number of hydrogen-bond acceptors (Lipinski definition) is 3. The highest BCUT2D eigenvalue weighted by atomic mass is 19.4. The molecule has 0 aliphatic carbocycles. The number of piperidine rings is 1. The topological polar surface area (TPSA) is 58.2 Å². The molecule has 0 radical (unpaired) electrons. The van der Waals surface area contributed by atoms with Crippen molar-refractivity contribution in [1.29, 1.82) is 0 Å². The Morgan fingerprint density at radius 1 is 1.31 bits per heavy atom. The third-order valence-corrected chi connectivity index (χ3v) is 4.29. The van der Waals surface area contributed by atoms with Crippen LogP contribution in [-0.4, -0.2) is 39.7 Å². The van der Waals surface area contributed by atoms with Crippen LogP contribution in [0, 0.1) is 0 Å². The molecule has 8 heteroatoms. The Morgan fingerprint density at radius 3 is 2.69 bits per heavy atom. The first-order valence-corrected chi connectivity index (χ1v) is 8.58. The lowest BCUT2D eigenvalue weighted by Gasteiger charge is -2.33. The highest BCUT2D eigenvalue weighted by molar-refractivity contribution is 5.76. The number of nitrogens with one attached hydrogen (secondary N) is 1. The van der Waals surface area contributed by atoms with Crippen LogP contribution in [0.5, 0.6) is 0 Å². The van der Waals surface area contributed by atoms with Gasteiger partial charge < -0.3 is 14.6 Å². The molecule has 2 heterocycles. The molecule has 1 fully saturated rings. The molecule has 26 heavy (non-hydrogen) atoms. The van der Waals surface area contributed by atoms with Crippen molar-refractivity contribution in [3.8, 4) is 0 Å². The Labute approximate surface area is 149 Å².